The van der Waals surface area contributed by atoms with Crippen molar-refractivity contribution in [2.75, 3.05) is 18.1 Å². The minimum atomic E-state index is 0.739. The third-order valence-electron chi connectivity index (χ3n) is 3.85. The van der Waals surface area contributed by atoms with Crippen molar-refractivity contribution >= 4 is 22.2 Å². The van der Waals surface area contributed by atoms with Gasteiger partial charge in [0.05, 0.1) is 12.3 Å². The van der Waals surface area contributed by atoms with E-state index in [-0.39, 0.29) is 0 Å². The summed E-state index contributed by atoms with van der Waals surface area (Å²) in [6.45, 7) is 2.67. The summed E-state index contributed by atoms with van der Waals surface area (Å²) < 4.78 is 5.82. The van der Waals surface area contributed by atoms with Crippen molar-refractivity contribution in [2.45, 2.75) is 31.8 Å². The zero-order chi connectivity index (χ0) is 14.1. The molecule has 4 rings (SSSR count). The maximum atomic E-state index is 5.82. The average molecular weight is 301 g/mol. The molecule has 1 N–H and O–H groups in total. The second-order valence-corrected chi connectivity index (χ2v) is 6.68. The molecule has 21 heavy (non-hydrogen) atoms. The molecule has 0 bridgehead atoms. The number of hydrogen-bond acceptors (Lipinski definition) is 5. The zero-order valence-electron chi connectivity index (χ0n) is 11.9. The molecule has 0 atom stereocenters. The highest BCUT2D eigenvalue weighted by molar-refractivity contribution is 7.15. The summed E-state index contributed by atoms with van der Waals surface area (Å²) in [5.74, 6) is 0.961. The van der Waals surface area contributed by atoms with Crippen LogP contribution in [0.15, 0.2) is 30.5 Å². The number of nitrogens with one attached hydrogen (secondary N) is 1. The number of hydrogen-bond donors (Lipinski definition) is 1. The summed E-state index contributed by atoms with van der Waals surface area (Å²) in [4.78, 5) is 8.22. The fourth-order valence-corrected chi connectivity index (χ4v) is 3.46. The first kappa shape index (κ1) is 13.1. The quantitative estimate of drug-likeness (QED) is 0.940. The molecule has 1 fully saturated rings. The third-order valence-corrected chi connectivity index (χ3v) is 4.87. The van der Waals surface area contributed by atoms with Gasteiger partial charge in [0, 0.05) is 30.2 Å². The Bertz CT molecular complexity index is 623. The number of para-hydroxylation sites is 2. The predicted molar refractivity (Wildman–Crippen MR) is 85.5 cm³/mol. The van der Waals surface area contributed by atoms with Crippen LogP contribution in [-0.2, 0) is 6.54 Å². The van der Waals surface area contributed by atoms with E-state index in [4.69, 9.17) is 4.74 Å². The molecule has 1 aromatic carbocycles. The van der Waals surface area contributed by atoms with Gasteiger partial charge in [-0.1, -0.05) is 12.1 Å². The fourth-order valence-electron chi connectivity index (χ4n) is 2.56. The Kier molecular flexibility index (Phi) is 3.53. The molecular formula is C16H19N3OS. The van der Waals surface area contributed by atoms with Crippen molar-refractivity contribution in [1.29, 1.82) is 0 Å². The molecule has 1 aliphatic carbocycles. The molecule has 5 heteroatoms. The molecule has 2 heterocycles. The Hall–Kier alpha value is -1.59. The molecule has 1 aliphatic heterocycles. The van der Waals surface area contributed by atoms with Crippen molar-refractivity contribution in [3.63, 3.8) is 0 Å². The molecule has 0 spiro atoms. The largest absolute Gasteiger partial charge is 0.491 e. The Morgan fingerprint density at radius 1 is 1.33 bits per heavy atom. The number of rotatable bonds is 4. The van der Waals surface area contributed by atoms with E-state index >= 15 is 0 Å². The second kappa shape index (κ2) is 5.66. The van der Waals surface area contributed by atoms with Gasteiger partial charge in [-0.25, -0.2) is 4.98 Å². The van der Waals surface area contributed by atoms with Crippen molar-refractivity contribution in [1.82, 2.24) is 10.3 Å². The molecule has 0 amide bonds. The normalized spacial score (nSPS) is 18.0. The first-order valence-electron chi connectivity index (χ1n) is 7.57. The molecule has 0 saturated heterocycles. The topological polar surface area (TPSA) is 37.4 Å². The highest BCUT2D eigenvalue weighted by atomic mass is 32.1. The highest BCUT2D eigenvalue weighted by Gasteiger charge is 2.22. The van der Waals surface area contributed by atoms with Gasteiger partial charge in [-0.2, -0.15) is 0 Å². The molecule has 2 aromatic rings. The van der Waals surface area contributed by atoms with Gasteiger partial charge < -0.3 is 15.0 Å². The standard InChI is InChI=1S/C16H19N3OS/c1-2-5-15-14(4-1)19(8-3-9-20-15)16-18-11-13(21-16)10-17-12-6-7-12/h1-2,4-5,11-12,17H,3,6-10H2. The van der Waals surface area contributed by atoms with Gasteiger partial charge >= 0.3 is 0 Å². The molecule has 1 saturated carbocycles. The summed E-state index contributed by atoms with van der Waals surface area (Å²) in [5, 5.41) is 4.62. The van der Waals surface area contributed by atoms with Crippen LogP contribution < -0.4 is 15.0 Å². The molecule has 1 aromatic heterocycles. The summed E-state index contributed by atoms with van der Waals surface area (Å²) in [5.41, 5.74) is 1.13. The lowest BCUT2D eigenvalue weighted by Crippen LogP contribution is -2.17. The number of anilines is 2. The van der Waals surface area contributed by atoms with Gasteiger partial charge in [0.25, 0.3) is 0 Å². The number of thiazole rings is 1. The van der Waals surface area contributed by atoms with Crippen LogP contribution in [-0.4, -0.2) is 24.2 Å². The smallest absolute Gasteiger partial charge is 0.190 e. The van der Waals surface area contributed by atoms with Crippen LogP contribution in [0.3, 0.4) is 0 Å². The lowest BCUT2D eigenvalue weighted by atomic mass is 10.2. The van der Waals surface area contributed by atoms with E-state index in [0.717, 1.165) is 48.7 Å². The van der Waals surface area contributed by atoms with E-state index in [9.17, 15) is 0 Å². The number of fused-ring (bicyclic) bond motifs is 1. The van der Waals surface area contributed by atoms with Crippen LogP contribution in [0.5, 0.6) is 5.75 Å². The van der Waals surface area contributed by atoms with E-state index in [1.54, 1.807) is 11.3 Å². The summed E-state index contributed by atoms with van der Waals surface area (Å²) in [6, 6.07) is 8.97. The first-order valence-corrected chi connectivity index (χ1v) is 8.39. The lowest BCUT2D eigenvalue weighted by Gasteiger charge is -2.20. The van der Waals surface area contributed by atoms with E-state index in [1.165, 1.54) is 17.7 Å². The van der Waals surface area contributed by atoms with E-state index in [2.05, 4.69) is 27.3 Å². The number of ether oxygens (including phenoxy) is 1. The maximum Gasteiger partial charge on any atom is 0.190 e. The number of benzene rings is 1. The lowest BCUT2D eigenvalue weighted by molar-refractivity contribution is 0.322. The van der Waals surface area contributed by atoms with E-state index in [0.29, 0.717) is 0 Å². The number of nitrogens with zero attached hydrogens (tertiary/aromatic N) is 2. The molecule has 4 nitrogen and oxygen atoms in total. The van der Waals surface area contributed by atoms with Crippen molar-refractivity contribution in [3.8, 4) is 5.75 Å². The average Bonchev–Trinajstić information content (AvgIpc) is 3.27. The van der Waals surface area contributed by atoms with Crippen molar-refractivity contribution in [3.05, 3.63) is 35.3 Å². The number of aromatic nitrogens is 1. The van der Waals surface area contributed by atoms with Crippen LogP contribution in [0.25, 0.3) is 0 Å². The fraction of sp³-hybridized carbons (Fsp3) is 0.438. The maximum absolute atomic E-state index is 5.82. The molecule has 2 aliphatic rings. The summed E-state index contributed by atoms with van der Waals surface area (Å²) in [7, 11) is 0. The van der Waals surface area contributed by atoms with Crippen LogP contribution in [0.4, 0.5) is 10.8 Å². The summed E-state index contributed by atoms with van der Waals surface area (Å²) in [6.07, 6.45) is 5.67. The van der Waals surface area contributed by atoms with E-state index < -0.39 is 0 Å². The first-order chi connectivity index (χ1) is 10.4. The van der Waals surface area contributed by atoms with Crippen LogP contribution in [0.2, 0.25) is 0 Å². The Labute approximate surface area is 128 Å². The zero-order valence-corrected chi connectivity index (χ0v) is 12.7. The van der Waals surface area contributed by atoms with Gasteiger partial charge in [0.15, 0.2) is 5.13 Å². The van der Waals surface area contributed by atoms with Crippen LogP contribution in [0, 0.1) is 0 Å². The van der Waals surface area contributed by atoms with Gasteiger partial charge in [-0.15, -0.1) is 11.3 Å². The van der Waals surface area contributed by atoms with Crippen molar-refractivity contribution in [2.24, 2.45) is 0 Å². The van der Waals surface area contributed by atoms with Gasteiger partial charge in [0.1, 0.15) is 5.75 Å². The highest BCUT2D eigenvalue weighted by Crippen LogP contribution is 2.37. The molecule has 0 radical (unpaired) electrons. The molecule has 0 unspecified atom stereocenters. The minimum absolute atomic E-state index is 0.739. The second-order valence-electron chi connectivity index (χ2n) is 5.59. The van der Waals surface area contributed by atoms with Crippen LogP contribution in [0.1, 0.15) is 24.1 Å². The Morgan fingerprint density at radius 3 is 3.14 bits per heavy atom. The van der Waals surface area contributed by atoms with E-state index in [1.807, 2.05) is 18.3 Å². The van der Waals surface area contributed by atoms with Gasteiger partial charge in [0.2, 0.25) is 0 Å². The molecule has 110 valence electrons. The third kappa shape index (κ3) is 2.89. The van der Waals surface area contributed by atoms with Crippen molar-refractivity contribution < 1.29 is 4.74 Å². The summed E-state index contributed by atoms with van der Waals surface area (Å²) >= 11 is 1.78. The van der Waals surface area contributed by atoms with Crippen LogP contribution >= 0.6 is 11.3 Å². The molecular weight excluding hydrogens is 282 g/mol. The Morgan fingerprint density at radius 2 is 2.24 bits per heavy atom. The monoisotopic (exact) mass is 301 g/mol. The van der Waals surface area contributed by atoms with Gasteiger partial charge in [-0.3, -0.25) is 0 Å². The SMILES string of the molecule is c1ccc2c(c1)OCCCN2c1ncc(CNC2CC2)s1. The Balaban J connectivity index is 1.57. The predicted octanol–water partition coefficient (Wildman–Crippen LogP) is 3.32. The minimum Gasteiger partial charge on any atom is -0.491 e. The van der Waals surface area contributed by atoms with Gasteiger partial charge in [-0.05, 0) is 31.4 Å².